The summed E-state index contributed by atoms with van der Waals surface area (Å²) in [6, 6.07) is 0. The molecule has 1 unspecified atom stereocenters. The lowest BCUT2D eigenvalue weighted by atomic mass is 9.77. The number of hydrogen-bond acceptors (Lipinski definition) is 3. The molecule has 1 atom stereocenters. The van der Waals surface area contributed by atoms with Crippen molar-refractivity contribution in [1.29, 1.82) is 0 Å². The van der Waals surface area contributed by atoms with Crippen LogP contribution < -0.4 is 10.6 Å². The summed E-state index contributed by atoms with van der Waals surface area (Å²) in [6.07, 6.45) is 2.82. The van der Waals surface area contributed by atoms with Gasteiger partial charge in [-0.15, -0.1) is 0 Å². The van der Waals surface area contributed by atoms with E-state index in [1.54, 1.807) is 4.90 Å². The zero-order chi connectivity index (χ0) is 12.3. The van der Waals surface area contributed by atoms with Gasteiger partial charge in [0.15, 0.2) is 0 Å². The Hall–Kier alpha value is -1.10. The molecule has 2 amide bonds. The highest BCUT2D eigenvalue weighted by Gasteiger charge is 2.41. The first kappa shape index (κ1) is 12.4. The van der Waals surface area contributed by atoms with Crippen LogP contribution in [-0.2, 0) is 9.59 Å². The van der Waals surface area contributed by atoms with Crippen LogP contribution in [-0.4, -0.2) is 49.4 Å². The van der Waals surface area contributed by atoms with E-state index in [4.69, 9.17) is 0 Å². The van der Waals surface area contributed by atoms with Gasteiger partial charge < -0.3 is 15.5 Å². The predicted molar refractivity (Wildman–Crippen MR) is 64.4 cm³/mol. The number of piperidine rings is 1. The second-order valence-electron chi connectivity index (χ2n) is 4.99. The minimum atomic E-state index is -0.282. The van der Waals surface area contributed by atoms with Gasteiger partial charge in [0.1, 0.15) is 0 Å². The largest absolute Gasteiger partial charge is 0.353 e. The zero-order valence-electron chi connectivity index (χ0n) is 10.4. The van der Waals surface area contributed by atoms with E-state index in [0.717, 1.165) is 32.4 Å². The monoisotopic (exact) mass is 239 g/mol. The summed E-state index contributed by atoms with van der Waals surface area (Å²) in [7, 11) is 0. The summed E-state index contributed by atoms with van der Waals surface area (Å²) < 4.78 is 0. The van der Waals surface area contributed by atoms with E-state index in [1.807, 2.05) is 0 Å². The number of carbonyl (C=O) groups is 2. The van der Waals surface area contributed by atoms with Crippen molar-refractivity contribution in [3.8, 4) is 0 Å². The predicted octanol–water partition coefficient (Wildman–Crippen LogP) is -0.275. The molecule has 5 nitrogen and oxygen atoms in total. The highest BCUT2D eigenvalue weighted by molar-refractivity contribution is 5.89. The van der Waals surface area contributed by atoms with Gasteiger partial charge in [0.25, 0.3) is 0 Å². The molecule has 0 bridgehead atoms. The summed E-state index contributed by atoms with van der Waals surface area (Å²) in [4.78, 5) is 25.6. The molecule has 2 rings (SSSR count). The summed E-state index contributed by atoms with van der Waals surface area (Å²) >= 11 is 0. The molecule has 0 aromatic rings. The second-order valence-corrected chi connectivity index (χ2v) is 4.99. The van der Waals surface area contributed by atoms with Crippen LogP contribution in [0.4, 0.5) is 0 Å². The lowest BCUT2D eigenvalue weighted by Gasteiger charge is -2.40. The van der Waals surface area contributed by atoms with Crippen LogP contribution in [0.5, 0.6) is 0 Å². The third kappa shape index (κ3) is 2.44. The Morgan fingerprint density at radius 1 is 1.47 bits per heavy atom. The van der Waals surface area contributed by atoms with Gasteiger partial charge >= 0.3 is 0 Å². The van der Waals surface area contributed by atoms with Gasteiger partial charge in [0.05, 0.1) is 12.0 Å². The smallest absolute Gasteiger partial charge is 0.239 e. The molecular formula is C12H21N3O2. The molecule has 5 heteroatoms. The normalized spacial score (nSPS) is 29.9. The number of amides is 2. The Bertz CT molecular complexity index is 311. The van der Waals surface area contributed by atoms with Crippen molar-refractivity contribution in [3.05, 3.63) is 0 Å². The molecule has 2 N–H and O–H groups in total. The van der Waals surface area contributed by atoms with E-state index in [0.29, 0.717) is 13.1 Å². The summed E-state index contributed by atoms with van der Waals surface area (Å²) in [5, 5.41) is 6.06. The zero-order valence-corrected chi connectivity index (χ0v) is 10.4. The van der Waals surface area contributed by atoms with E-state index in [2.05, 4.69) is 17.6 Å². The molecular weight excluding hydrogens is 218 g/mol. The van der Waals surface area contributed by atoms with Crippen molar-refractivity contribution in [1.82, 2.24) is 15.5 Å². The van der Waals surface area contributed by atoms with Crippen LogP contribution in [0, 0.1) is 5.41 Å². The Labute approximate surface area is 102 Å². The molecule has 2 aliphatic heterocycles. The van der Waals surface area contributed by atoms with Crippen LogP contribution in [0.2, 0.25) is 0 Å². The topological polar surface area (TPSA) is 61.4 Å². The molecule has 0 saturated carbocycles. The molecule has 0 aliphatic carbocycles. The van der Waals surface area contributed by atoms with Crippen molar-refractivity contribution >= 4 is 11.8 Å². The molecule has 0 spiro atoms. The Kier molecular flexibility index (Phi) is 3.66. The highest BCUT2D eigenvalue weighted by atomic mass is 16.2. The van der Waals surface area contributed by atoms with Crippen molar-refractivity contribution in [3.63, 3.8) is 0 Å². The number of hydrogen-bond donors (Lipinski definition) is 2. The maximum absolute atomic E-state index is 12.6. The van der Waals surface area contributed by atoms with Gasteiger partial charge in [0.2, 0.25) is 11.8 Å². The third-order valence-corrected chi connectivity index (χ3v) is 3.93. The van der Waals surface area contributed by atoms with Crippen molar-refractivity contribution in [2.45, 2.75) is 26.2 Å². The second kappa shape index (κ2) is 5.04. The Morgan fingerprint density at radius 3 is 2.88 bits per heavy atom. The maximum Gasteiger partial charge on any atom is 0.239 e. The molecule has 2 saturated heterocycles. The lowest BCUT2D eigenvalue weighted by molar-refractivity contribution is -0.148. The summed E-state index contributed by atoms with van der Waals surface area (Å²) in [5.41, 5.74) is -0.282. The molecule has 2 aliphatic rings. The molecule has 2 fully saturated rings. The number of rotatable bonds is 2. The minimum absolute atomic E-state index is 0.0420. The molecule has 0 aromatic heterocycles. The van der Waals surface area contributed by atoms with Crippen LogP contribution in [0.1, 0.15) is 26.2 Å². The first-order valence-corrected chi connectivity index (χ1v) is 6.45. The fourth-order valence-corrected chi connectivity index (χ4v) is 2.75. The average Bonchev–Trinajstić information content (AvgIpc) is 2.38. The van der Waals surface area contributed by atoms with Crippen molar-refractivity contribution in [2.24, 2.45) is 5.41 Å². The SMILES string of the molecule is CCC1(C(=O)N2CCNC(=O)C2)CCCNC1. The maximum atomic E-state index is 12.6. The summed E-state index contributed by atoms with van der Waals surface area (Å²) in [6.45, 7) is 5.26. The number of nitrogens with zero attached hydrogens (tertiary/aromatic N) is 1. The number of carbonyl (C=O) groups excluding carboxylic acids is 2. The lowest BCUT2D eigenvalue weighted by Crippen LogP contribution is -2.57. The van der Waals surface area contributed by atoms with Crippen LogP contribution in [0.25, 0.3) is 0 Å². The average molecular weight is 239 g/mol. The van der Waals surface area contributed by atoms with Crippen LogP contribution in [0.3, 0.4) is 0 Å². The van der Waals surface area contributed by atoms with Gasteiger partial charge in [0, 0.05) is 19.6 Å². The summed E-state index contributed by atoms with van der Waals surface area (Å²) in [5.74, 6) is 0.113. The minimum Gasteiger partial charge on any atom is -0.353 e. The van der Waals surface area contributed by atoms with Crippen molar-refractivity contribution in [2.75, 3.05) is 32.7 Å². The van der Waals surface area contributed by atoms with E-state index in [-0.39, 0.29) is 23.8 Å². The first-order valence-electron chi connectivity index (χ1n) is 6.45. The van der Waals surface area contributed by atoms with E-state index < -0.39 is 0 Å². The quantitative estimate of drug-likeness (QED) is 0.697. The molecule has 17 heavy (non-hydrogen) atoms. The molecule has 96 valence electrons. The molecule has 0 radical (unpaired) electrons. The Balaban J connectivity index is 2.08. The van der Waals surface area contributed by atoms with Gasteiger partial charge in [-0.3, -0.25) is 9.59 Å². The van der Waals surface area contributed by atoms with Gasteiger partial charge in [-0.25, -0.2) is 0 Å². The highest BCUT2D eigenvalue weighted by Crippen LogP contribution is 2.32. The van der Waals surface area contributed by atoms with Gasteiger partial charge in [-0.2, -0.15) is 0 Å². The van der Waals surface area contributed by atoms with E-state index in [9.17, 15) is 9.59 Å². The first-order chi connectivity index (χ1) is 8.18. The number of nitrogens with one attached hydrogen (secondary N) is 2. The molecule has 2 heterocycles. The fourth-order valence-electron chi connectivity index (χ4n) is 2.75. The number of piperazine rings is 1. The van der Waals surface area contributed by atoms with Crippen LogP contribution in [0.15, 0.2) is 0 Å². The molecule has 0 aromatic carbocycles. The third-order valence-electron chi connectivity index (χ3n) is 3.93. The standard InChI is InChI=1S/C12H21N3O2/c1-2-12(4-3-5-13-9-12)11(17)15-7-6-14-10(16)8-15/h13H,2-9H2,1H3,(H,14,16). The van der Waals surface area contributed by atoms with Crippen LogP contribution >= 0.6 is 0 Å². The van der Waals surface area contributed by atoms with E-state index in [1.165, 1.54) is 0 Å². The van der Waals surface area contributed by atoms with Gasteiger partial charge in [-0.1, -0.05) is 6.92 Å². The van der Waals surface area contributed by atoms with Gasteiger partial charge in [-0.05, 0) is 25.8 Å². The Morgan fingerprint density at radius 2 is 2.29 bits per heavy atom. The van der Waals surface area contributed by atoms with E-state index >= 15 is 0 Å². The fraction of sp³-hybridized carbons (Fsp3) is 0.833. The van der Waals surface area contributed by atoms with Crippen molar-refractivity contribution < 1.29 is 9.59 Å².